The van der Waals surface area contributed by atoms with E-state index in [0.717, 1.165) is 18.2 Å². The molecule has 0 radical (unpaired) electrons. The van der Waals surface area contributed by atoms with Gasteiger partial charge in [-0.15, -0.1) is 0 Å². The van der Waals surface area contributed by atoms with Crippen LogP contribution in [-0.4, -0.2) is 215 Å². The van der Waals surface area contributed by atoms with E-state index >= 15 is 0 Å². The van der Waals surface area contributed by atoms with Gasteiger partial charge in [0.25, 0.3) is 0 Å². The van der Waals surface area contributed by atoms with Gasteiger partial charge in [-0.1, -0.05) is 12.1 Å². The lowest BCUT2D eigenvalue weighted by Gasteiger charge is -2.46. The second-order valence-electron chi connectivity index (χ2n) is 18.4. The number of aromatic hydroxyl groups is 3. The molecule has 16 unspecified atom stereocenters. The second kappa shape index (κ2) is 25.2. The van der Waals surface area contributed by atoms with Crippen molar-refractivity contribution in [3.63, 3.8) is 0 Å². The third kappa shape index (κ3) is 13.1. The Bertz CT molecular complexity index is 2840. The number of benzene rings is 3. The van der Waals surface area contributed by atoms with Crippen LogP contribution in [0.25, 0.3) is 17.9 Å². The number of phenols is 3. The molecular weight excluding hydrogens is 1050 g/mol. The topological polar surface area (TPSA) is 402 Å². The number of allylic oxidation sites excluding steroid dienone is 2. The van der Waals surface area contributed by atoms with Crippen molar-refractivity contribution in [3.05, 3.63) is 131 Å². The summed E-state index contributed by atoms with van der Waals surface area (Å²) in [5.41, 5.74) is 1.09. The van der Waals surface area contributed by atoms with Crippen LogP contribution in [0.3, 0.4) is 0 Å². The van der Waals surface area contributed by atoms with Crippen molar-refractivity contribution in [2.75, 3.05) is 34.0 Å². The van der Waals surface area contributed by atoms with Gasteiger partial charge in [0.2, 0.25) is 24.4 Å². The first-order valence-corrected chi connectivity index (χ1v) is 24.3. The zero-order valence-electron chi connectivity index (χ0n) is 41.8. The molecule has 3 saturated heterocycles. The van der Waals surface area contributed by atoms with E-state index in [0.29, 0.717) is 11.1 Å². The normalized spacial score (nSPS) is 31.8. The molecule has 79 heavy (non-hydrogen) atoms. The molecule has 0 bridgehead atoms. The Labute approximate surface area is 448 Å². The number of carbonyl (C=O) groups is 2. The highest BCUT2D eigenvalue weighted by Crippen LogP contribution is 2.40. The Balaban J connectivity index is 1.14. The number of fused-ring (bicyclic) bond motifs is 1. The van der Waals surface area contributed by atoms with E-state index in [9.17, 15) is 76.0 Å². The van der Waals surface area contributed by atoms with Gasteiger partial charge in [-0.3, -0.25) is 0 Å². The van der Waals surface area contributed by atoms with Crippen LogP contribution >= 0.6 is 0 Å². The molecule has 26 nitrogen and oxygen atoms in total. The van der Waals surface area contributed by atoms with Gasteiger partial charge in [-0.2, -0.15) is 0 Å². The first-order valence-electron chi connectivity index (χ1n) is 24.3. The summed E-state index contributed by atoms with van der Waals surface area (Å²) < 4.78 is 62.4. The monoisotopic (exact) mass is 1110 g/mol. The molecule has 0 aromatic heterocycles. The minimum absolute atomic E-state index is 0.0357. The number of hydrogen-bond donors (Lipinski definition) is 13. The van der Waals surface area contributed by atoms with E-state index in [-0.39, 0.29) is 57.2 Å². The number of carbonyl (C=O) groups excluding carboxylic acids is 2. The second-order valence-corrected chi connectivity index (χ2v) is 18.4. The summed E-state index contributed by atoms with van der Waals surface area (Å²) in [6, 6.07) is 13.9. The fourth-order valence-electron chi connectivity index (χ4n) is 8.82. The number of hydrogen-bond acceptors (Lipinski definition) is 25. The molecule has 8 rings (SSSR count). The van der Waals surface area contributed by atoms with Crippen molar-refractivity contribution in [1.82, 2.24) is 0 Å². The minimum Gasteiger partial charge on any atom is -0.571 e. The summed E-state index contributed by atoms with van der Waals surface area (Å²) in [4.78, 5) is 26.5. The fourth-order valence-corrected chi connectivity index (χ4v) is 8.82. The average Bonchev–Trinajstić information content (AvgIpc) is 3.49. The molecular formula is C53H59O26+. The first kappa shape index (κ1) is 57.9. The SMILES string of the molecule is COc1cc(C=CC(=O)OCC2OC(OC3=C(c4ccc(O)cc4)[OH+]C4C=C(O)C=C(OC5OC(CO)C(O)C(O)C5O)C4=C3)C(OC3OC(CO)C(O)C(O)C3OC(=O)C=Cc3ccc(O)c(OC)c3)C(O)C2O)ccc1O. The highest BCUT2D eigenvalue weighted by atomic mass is 16.8. The molecule has 14 N–H and O–H groups in total. The van der Waals surface area contributed by atoms with Crippen LogP contribution in [0.4, 0.5) is 0 Å². The maximum Gasteiger partial charge on any atom is 0.331 e. The van der Waals surface area contributed by atoms with E-state index in [1.165, 1.54) is 99.2 Å². The fraction of sp³-hybridized carbons (Fsp3) is 0.396. The lowest BCUT2D eigenvalue weighted by atomic mass is 9.95. The average molecular weight is 1110 g/mol. The molecule has 0 saturated carbocycles. The highest BCUT2D eigenvalue weighted by molar-refractivity contribution is 5.88. The van der Waals surface area contributed by atoms with E-state index in [2.05, 4.69) is 0 Å². The van der Waals surface area contributed by atoms with Crippen molar-refractivity contribution in [1.29, 1.82) is 0 Å². The Morgan fingerprint density at radius 3 is 1.77 bits per heavy atom. The maximum atomic E-state index is 13.4. The molecule has 4 heterocycles. The quantitative estimate of drug-likeness (QED) is 0.0398. The molecule has 16 atom stereocenters. The van der Waals surface area contributed by atoms with Crippen LogP contribution in [0.15, 0.2) is 114 Å². The van der Waals surface area contributed by atoms with E-state index < -0.39 is 136 Å². The van der Waals surface area contributed by atoms with Gasteiger partial charge in [0.1, 0.15) is 84.9 Å². The lowest BCUT2D eigenvalue weighted by Crippen LogP contribution is -2.65. The van der Waals surface area contributed by atoms with Crippen molar-refractivity contribution in [2.24, 2.45) is 0 Å². The third-order valence-electron chi connectivity index (χ3n) is 13.1. The summed E-state index contributed by atoms with van der Waals surface area (Å²) in [7, 11) is 2.64. The van der Waals surface area contributed by atoms with Crippen molar-refractivity contribution in [3.8, 4) is 28.7 Å². The Kier molecular flexibility index (Phi) is 18.5. The predicted octanol–water partition coefficient (Wildman–Crippen LogP) is -1.35. The molecule has 3 fully saturated rings. The van der Waals surface area contributed by atoms with Crippen LogP contribution < -0.4 is 9.47 Å². The number of phenolic OH excluding ortho intramolecular Hbond substituents is 3. The lowest BCUT2D eigenvalue weighted by molar-refractivity contribution is -0.363. The number of aliphatic hydroxyl groups is 12. The van der Waals surface area contributed by atoms with Crippen molar-refractivity contribution < 1.29 is 128 Å². The van der Waals surface area contributed by atoms with Crippen LogP contribution in [0.2, 0.25) is 0 Å². The van der Waals surface area contributed by atoms with Gasteiger partial charge >= 0.3 is 17.7 Å². The maximum absolute atomic E-state index is 13.4. The van der Waals surface area contributed by atoms with Gasteiger partial charge in [0.05, 0.1) is 44.6 Å². The Morgan fingerprint density at radius 1 is 0.608 bits per heavy atom. The standard InChI is InChI=1S/C53H58O26/c1-69-33-15-23(3-11-29(33)58)5-13-39(60)71-22-38-43(64)46(67)50(79-53-49(45(66)42(63)37(21-55)76-53)78-40(61)14-6-24-4-12-30(59)34(16-24)70-2)52(77-38)74-35-19-28-31(72-48(35)25-7-9-26(56)10-8-25)17-27(57)18-32(28)73-51-47(68)44(65)41(62)36(20-54)75-51/h3-19,31,36-38,41-47,49-59,62-68H,20-22H2,1-2H3/p+1. The van der Waals surface area contributed by atoms with Gasteiger partial charge in [0.15, 0.2) is 41.5 Å². The molecule has 3 aromatic carbocycles. The van der Waals surface area contributed by atoms with Crippen LogP contribution in [-0.2, 0) is 47.5 Å². The molecule has 5 aliphatic rings. The molecule has 3 aromatic rings. The van der Waals surface area contributed by atoms with E-state index in [1.807, 2.05) is 0 Å². The smallest absolute Gasteiger partial charge is 0.331 e. The van der Waals surface area contributed by atoms with Gasteiger partial charge in [-0.05, 0) is 71.8 Å². The van der Waals surface area contributed by atoms with E-state index in [4.69, 9.17) is 52.1 Å². The van der Waals surface area contributed by atoms with Crippen molar-refractivity contribution >= 4 is 29.8 Å². The zero-order chi connectivity index (χ0) is 56.8. The van der Waals surface area contributed by atoms with Crippen molar-refractivity contribution in [2.45, 2.75) is 98.2 Å². The molecule has 4 aliphatic heterocycles. The van der Waals surface area contributed by atoms with E-state index in [1.54, 1.807) is 0 Å². The third-order valence-corrected chi connectivity index (χ3v) is 13.1. The highest BCUT2D eigenvalue weighted by Gasteiger charge is 2.54. The predicted molar refractivity (Wildman–Crippen MR) is 265 cm³/mol. The van der Waals surface area contributed by atoms with Gasteiger partial charge in [-0.25, -0.2) is 9.59 Å². The van der Waals surface area contributed by atoms with Crippen LogP contribution in [0.1, 0.15) is 16.7 Å². The molecule has 0 amide bonds. The Hall–Kier alpha value is -7.28. The minimum atomic E-state index is -2.14. The number of esters is 2. The van der Waals surface area contributed by atoms with Gasteiger partial charge < -0.3 is 118 Å². The summed E-state index contributed by atoms with van der Waals surface area (Å²) in [6.07, 6.45) is -20.9. The molecule has 0 spiro atoms. The van der Waals surface area contributed by atoms with Crippen LogP contribution in [0.5, 0.6) is 28.7 Å². The summed E-state index contributed by atoms with van der Waals surface area (Å²) >= 11 is 0. The number of ether oxygens (including phenoxy) is 11. The largest absolute Gasteiger partial charge is 0.571 e. The van der Waals surface area contributed by atoms with Gasteiger partial charge in [0, 0.05) is 24.3 Å². The molecule has 26 heteroatoms. The van der Waals surface area contributed by atoms with Crippen LogP contribution in [0, 0.1) is 0 Å². The summed E-state index contributed by atoms with van der Waals surface area (Å²) in [5.74, 6) is -3.38. The number of rotatable bonds is 18. The Morgan fingerprint density at radius 2 is 1.16 bits per heavy atom. The number of aliphatic hydroxyl groups excluding tert-OH is 10. The first-order chi connectivity index (χ1) is 37.8. The molecule has 426 valence electrons. The zero-order valence-corrected chi connectivity index (χ0v) is 41.8. The summed E-state index contributed by atoms with van der Waals surface area (Å²) in [5, 5.41) is 139. The number of methoxy groups -OCH3 is 2. The molecule has 1 aliphatic carbocycles. The summed E-state index contributed by atoms with van der Waals surface area (Å²) in [6.45, 7) is -2.50.